The molecular weight excluding hydrogens is 274 g/mol. The Kier molecular flexibility index (Phi) is 3.83. The summed E-state index contributed by atoms with van der Waals surface area (Å²) in [5.41, 5.74) is 3.17. The summed E-state index contributed by atoms with van der Waals surface area (Å²) in [6, 6.07) is 13.4. The SMILES string of the molecule is CC(C)NC(=O)c1cc(-c2ccncc2)nc2ccccc12. The van der Waals surface area contributed by atoms with Crippen LogP contribution in [0.2, 0.25) is 0 Å². The number of para-hydroxylation sites is 1. The lowest BCUT2D eigenvalue weighted by atomic mass is 10.0. The first-order valence-corrected chi connectivity index (χ1v) is 7.26. The van der Waals surface area contributed by atoms with Gasteiger partial charge in [-0.3, -0.25) is 9.78 Å². The van der Waals surface area contributed by atoms with Gasteiger partial charge in [0, 0.05) is 29.4 Å². The molecular formula is C18H17N3O. The summed E-state index contributed by atoms with van der Waals surface area (Å²) in [7, 11) is 0. The third kappa shape index (κ3) is 2.81. The lowest BCUT2D eigenvalue weighted by Gasteiger charge is -2.12. The second kappa shape index (κ2) is 5.93. The zero-order valence-electron chi connectivity index (χ0n) is 12.6. The molecule has 0 saturated heterocycles. The number of hydrogen-bond donors (Lipinski definition) is 1. The molecule has 1 N–H and O–H groups in total. The van der Waals surface area contributed by atoms with Crippen molar-refractivity contribution in [1.29, 1.82) is 0 Å². The van der Waals surface area contributed by atoms with Gasteiger partial charge in [-0.2, -0.15) is 0 Å². The molecule has 0 aliphatic heterocycles. The molecule has 0 fully saturated rings. The zero-order chi connectivity index (χ0) is 15.5. The highest BCUT2D eigenvalue weighted by atomic mass is 16.1. The van der Waals surface area contributed by atoms with Gasteiger partial charge in [-0.05, 0) is 38.1 Å². The number of rotatable bonds is 3. The van der Waals surface area contributed by atoms with Gasteiger partial charge in [-0.25, -0.2) is 4.98 Å². The zero-order valence-corrected chi connectivity index (χ0v) is 12.6. The van der Waals surface area contributed by atoms with Gasteiger partial charge < -0.3 is 5.32 Å². The van der Waals surface area contributed by atoms with E-state index in [2.05, 4.69) is 15.3 Å². The first kappa shape index (κ1) is 14.2. The quantitative estimate of drug-likeness (QED) is 0.804. The Morgan fingerprint density at radius 2 is 1.82 bits per heavy atom. The van der Waals surface area contributed by atoms with Crippen LogP contribution in [0.15, 0.2) is 54.9 Å². The summed E-state index contributed by atoms with van der Waals surface area (Å²) in [5, 5.41) is 3.81. The normalized spacial score (nSPS) is 10.9. The molecule has 2 heterocycles. The lowest BCUT2D eigenvalue weighted by Crippen LogP contribution is -2.30. The maximum Gasteiger partial charge on any atom is 0.252 e. The number of nitrogens with one attached hydrogen (secondary N) is 1. The Labute approximate surface area is 129 Å². The van der Waals surface area contributed by atoms with E-state index in [0.29, 0.717) is 5.56 Å². The number of carbonyl (C=O) groups excluding carboxylic acids is 1. The van der Waals surface area contributed by atoms with E-state index in [4.69, 9.17) is 0 Å². The monoisotopic (exact) mass is 291 g/mol. The van der Waals surface area contributed by atoms with Crippen LogP contribution in [-0.2, 0) is 0 Å². The van der Waals surface area contributed by atoms with Gasteiger partial charge >= 0.3 is 0 Å². The highest BCUT2D eigenvalue weighted by Gasteiger charge is 2.14. The summed E-state index contributed by atoms with van der Waals surface area (Å²) >= 11 is 0. The fourth-order valence-electron chi connectivity index (χ4n) is 2.37. The molecule has 0 aliphatic carbocycles. The van der Waals surface area contributed by atoms with Gasteiger partial charge in [-0.1, -0.05) is 18.2 Å². The molecule has 0 unspecified atom stereocenters. The molecule has 0 bridgehead atoms. The first-order chi connectivity index (χ1) is 10.6. The number of benzene rings is 1. The van der Waals surface area contributed by atoms with Crippen molar-refractivity contribution in [2.45, 2.75) is 19.9 Å². The van der Waals surface area contributed by atoms with Crippen LogP contribution >= 0.6 is 0 Å². The topological polar surface area (TPSA) is 54.9 Å². The van der Waals surface area contributed by atoms with E-state index < -0.39 is 0 Å². The van der Waals surface area contributed by atoms with Gasteiger partial charge in [0.15, 0.2) is 0 Å². The van der Waals surface area contributed by atoms with Crippen LogP contribution in [-0.4, -0.2) is 21.9 Å². The van der Waals surface area contributed by atoms with Crippen molar-refractivity contribution in [3.8, 4) is 11.3 Å². The predicted octanol–water partition coefficient (Wildman–Crippen LogP) is 3.44. The van der Waals surface area contributed by atoms with Crippen LogP contribution < -0.4 is 5.32 Å². The van der Waals surface area contributed by atoms with Crippen molar-refractivity contribution < 1.29 is 4.79 Å². The highest BCUT2D eigenvalue weighted by Crippen LogP contribution is 2.24. The Balaban J connectivity index is 2.19. The molecule has 3 aromatic rings. The number of nitrogens with zero attached hydrogens (tertiary/aromatic N) is 2. The Hall–Kier alpha value is -2.75. The molecule has 2 aromatic heterocycles. The van der Waals surface area contributed by atoms with E-state index >= 15 is 0 Å². The average Bonchev–Trinajstić information content (AvgIpc) is 2.54. The first-order valence-electron chi connectivity index (χ1n) is 7.26. The highest BCUT2D eigenvalue weighted by molar-refractivity contribution is 6.07. The van der Waals surface area contributed by atoms with E-state index in [-0.39, 0.29) is 11.9 Å². The fraction of sp³-hybridized carbons (Fsp3) is 0.167. The molecule has 22 heavy (non-hydrogen) atoms. The van der Waals surface area contributed by atoms with Crippen LogP contribution in [0.25, 0.3) is 22.2 Å². The van der Waals surface area contributed by atoms with E-state index in [0.717, 1.165) is 22.2 Å². The van der Waals surface area contributed by atoms with Crippen molar-refractivity contribution in [3.05, 3.63) is 60.4 Å². The maximum atomic E-state index is 12.5. The molecule has 0 radical (unpaired) electrons. The fourth-order valence-corrected chi connectivity index (χ4v) is 2.37. The maximum absolute atomic E-state index is 12.5. The van der Waals surface area contributed by atoms with Crippen molar-refractivity contribution in [3.63, 3.8) is 0 Å². The van der Waals surface area contributed by atoms with Crippen molar-refractivity contribution in [2.24, 2.45) is 0 Å². The molecule has 0 spiro atoms. The lowest BCUT2D eigenvalue weighted by molar-refractivity contribution is 0.0945. The Morgan fingerprint density at radius 3 is 2.55 bits per heavy atom. The number of hydrogen-bond acceptors (Lipinski definition) is 3. The largest absolute Gasteiger partial charge is 0.350 e. The minimum Gasteiger partial charge on any atom is -0.350 e. The van der Waals surface area contributed by atoms with Crippen LogP contribution in [0.4, 0.5) is 0 Å². The van der Waals surface area contributed by atoms with E-state index in [1.54, 1.807) is 12.4 Å². The van der Waals surface area contributed by atoms with Crippen molar-refractivity contribution in [1.82, 2.24) is 15.3 Å². The molecule has 4 nitrogen and oxygen atoms in total. The van der Waals surface area contributed by atoms with Crippen LogP contribution in [0, 0.1) is 0 Å². The standard InChI is InChI=1S/C18H17N3O/c1-12(2)20-18(22)15-11-17(13-7-9-19-10-8-13)21-16-6-4-3-5-14(15)16/h3-12H,1-2H3,(H,20,22). The Bertz CT molecular complexity index is 813. The molecule has 0 aliphatic rings. The summed E-state index contributed by atoms with van der Waals surface area (Å²) in [6.07, 6.45) is 3.44. The third-order valence-corrected chi connectivity index (χ3v) is 3.36. The van der Waals surface area contributed by atoms with Gasteiger partial charge in [0.2, 0.25) is 0 Å². The van der Waals surface area contributed by atoms with E-state index in [1.807, 2.05) is 56.3 Å². The molecule has 1 aromatic carbocycles. The van der Waals surface area contributed by atoms with Crippen LogP contribution in [0.3, 0.4) is 0 Å². The number of carbonyl (C=O) groups is 1. The van der Waals surface area contributed by atoms with Gasteiger partial charge in [0.1, 0.15) is 0 Å². The predicted molar refractivity (Wildman–Crippen MR) is 87.6 cm³/mol. The summed E-state index contributed by atoms with van der Waals surface area (Å²) in [6.45, 7) is 3.90. The molecule has 4 heteroatoms. The van der Waals surface area contributed by atoms with Crippen LogP contribution in [0.5, 0.6) is 0 Å². The summed E-state index contributed by atoms with van der Waals surface area (Å²) in [5.74, 6) is -0.0797. The van der Waals surface area contributed by atoms with Gasteiger partial charge in [0.05, 0.1) is 16.8 Å². The minimum absolute atomic E-state index is 0.0797. The van der Waals surface area contributed by atoms with E-state index in [9.17, 15) is 4.79 Å². The van der Waals surface area contributed by atoms with Gasteiger partial charge in [-0.15, -0.1) is 0 Å². The number of aromatic nitrogens is 2. The van der Waals surface area contributed by atoms with Crippen LogP contribution in [0.1, 0.15) is 24.2 Å². The minimum atomic E-state index is -0.0797. The Morgan fingerprint density at radius 1 is 1.09 bits per heavy atom. The van der Waals surface area contributed by atoms with E-state index in [1.165, 1.54) is 0 Å². The average molecular weight is 291 g/mol. The molecule has 1 amide bonds. The number of fused-ring (bicyclic) bond motifs is 1. The molecule has 0 atom stereocenters. The number of amides is 1. The van der Waals surface area contributed by atoms with Crippen molar-refractivity contribution in [2.75, 3.05) is 0 Å². The molecule has 3 rings (SSSR count). The smallest absolute Gasteiger partial charge is 0.252 e. The summed E-state index contributed by atoms with van der Waals surface area (Å²) in [4.78, 5) is 21.2. The number of pyridine rings is 2. The second-order valence-corrected chi connectivity index (χ2v) is 5.44. The second-order valence-electron chi connectivity index (χ2n) is 5.44. The third-order valence-electron chi connectivity index (χ3n) is 3.36. The summed E-state index contributed by atoms with van der Waals surface area (Å²) < 4.78 is 0. The van der Waals surface area contributed by atoms with Crippen molar-refractivity contribution >= 4 is 16.8 Å². The van der Waals surface area contributed by atoms with Gasteiger partial charge in [0.25, 0.3) is 5.91 Å². The molecule has 0 saturated carbocycles. The molecule has 110 valence electrons.